The van der Waals surface area contributed by atoms with Gasteiger partial charge in [-0.25, -0.2) is 0 Å². The van der Waals surface area contributed by atoms with Crippen LogP contribution < -0.4 is 5.73 Å². The van der Waals surface area contributed by atoms with Gasteiger partial charge in [0.2, 0.25) is 0 Å². The molecule has 1 fully saturated rings. The molecule has 0 spiro atoms. The molecule has 2 atom stereocenters. The monoisotopic (exact) mass is 247 g/mol. The predicted molar refractivity (Wildman–Crippen MR) is 75.2 cm³/mol. The van der Waals surface area contributed by atoms with Crippen LogP contribution in [0.2, 0.25) is 0 Å². The molecule has 1 aromatic heterocycles. The Balaban J connectivity index is 1.86. The zero-order valence-electron chi connectivity index (χ0n) is 11.6. The van der Waals surface area contributed by atoms with Crippen LogP contribution in [0.1, 0.15) is 37.1 Å². The molecule has 2 N–H and O–H groups in total. The minimum Gasteiger partial charge on any atom is -0.327 e. The maximum absolute atomic E-state index is 6.20. The number of aryl methyl sites for hydroxylation is 1. The van der Waals surface area contributed by atoms with Crippen LogP contribution in [-0.2, 0) is 6.54 Å². The van der Waals surface area contributed by atoms with Crippen molar-refractivity contribution in [1.29, 1.82) is 0 Å². The van der Waals surface area contributed by atoms with E-state index in [9.17, 15) is 0 Å². The van der Waals surface area contributed by atoms with Crippen LogP contribution in [-0.4, -0.2) is 29.5 Å². The maximum atomic E-state index is 6.20. The lowest BCUT2D eigenvalue weighted by Gasteiger charge is -2.31. The lowest BCUT2D eigenvalue weighted by Crippen LogP contribution is -2.39. The fraction of sp³-hybridized carbons (Fsp3) is 0.667. The standard InChI is InChI=1S/C15H25N3/c1-12-6-5-8-14(17-12)11-18(2)10-13-7-3-4-9-15(13)16/h5-6,8,13,15H,3-4,7,9-11,16H2,1-2H3. The van der Waals surface area contributed by atoms with E-state index >= 15 is 0 Å². The summed E-state index contributed by atoms with van der Waals surface area (Å²) in [7, 11) is 2.17. The van der Waals surface area contributed by atoms with Crippen LogP contribution in [0.25, 0.3) is 0 Å². The SMILES string of the molecule is Cc1cccc(CN(C)CC2CCCCC2N)n1. The number of nitrogens with two attached hydrogens (primary N) is 1. The summed E-state index contributed by atoms with van der Waals surface area (Å²) >= 11 is 0. The van der Waals surface area contributed by atoms with Gasteiger partial charge in [-0.1, -0.05) is 18.9 Å². The topological polar surface area (TPSA) is 42.1 Å². The van der Waals surface area contributed by atoms with Crippen LogP contribution in [0.15, 0.2) is 18.2 Å². The van der Waals surface area contributed by atoms with E-state index in [1.165, 1.54) is 25.7 Å². The van der Waals surface area contributed by atoms with E-state index in [0.29, 0.717) is 12.0 Å². The first-order valence-electron chi connectivity index (χ1n) is 7.02. The van der Waals surface area contributed by atoms with Crippen molar-refractivity contribution in [1.82, 2.24) is 9.88 Å². The van der Waals surface area contributed by atoms with Crippen molar-refractivity contribution in [2.75, 3.05) is 13.6 Å². The zero-order chi connectivity index (χ0) is 13.0. The fourth-order valence-corrected chi connectivity index (χ4v) is 2.89. The van der Waals surface area contributed by atoms with Crippen molar-refractivity contribution in [3.8, 4) is 0 Å². The van der Waals surface area contributed by atoms with E-state index in [-0.39, 0.29) is 0 Å². The van der Waals surface area contributed by atoms with Crippen molar-refractivity contribution in [3.05, 3.63) is 29.6 Å². The van der Waals surface area contributed by atoms with Crippen LogP contribution in [0.4, 0.5) is 0 Å². The third-order valence-electron chi connectivity index (χ3n) is 3.89. The highest BCUT2D eigenvalue weighted by Crippen LogP contribution is 2.23. The Morgan fingerprint density at radius 3 is 2.83 bits per heavy atom. The second-order valence-corrected chi connectivity index (χ2v) is 5.68. The minimum absolute atomic E-state index is 0.395. The van der Waals surface area contributed by atoms with Crippen LogP contribution >= 0.6 is 0 Å². The van der Waals surface area contributed by atoms with E-state index in [1.807, 2.05) is 13.0 Å². The molecule has 3 nitrogen and oxygen atoms in total. The normalized spacial score (nSPS) is 24.4. The first-order valence-corrected chi connectivity index (χ1v) is 7.02. The van der Waals surface area contributed by atoms with Gasteiger partial charge >= 0.3 is 0 Å². The van der Waals surface area contributed by atoms with Gasteiger partial charge < -0.3 is 10.6 Å². The number of rotatable bonds is 4. The molecule has 2 unspecified atom stereocenters. The van der Waals surface area contributed by atoms with Gasteiger partial charge in [-0.3, -0.25) is 4.98 Å². The van der Waals surface area contributed by atoms with Crippen molar-refractivity contribution in [3.63, 3.8) is 0 Å². The summed E-state index contributed by atoms with van der Waals surface area (Å²) in [5, 5.41) is 0. The molecule has 100 valence electrons. The molecular weight excluding hydrogens is 222 g/mol. The molecule has 0 radical (unpaired) electrons. The molecule has 1 heterocycles. The summed E-state index contributed by atoms with van der Waals surface area (Å²) in [5.41, 5.74) is 8.45. The zero-order valence-corrected chi connectivity index (χ0v) is 11.6. The molecule has 0 saturated heterocycles. The third kappa shape index (κ3) is 3.79. The Hall–Kier alpha value is -0.930. The molecular formula is C15H25N3. The highest BCUT2D eigenvalue weighted by molar-refractivity contribution is 5.09. The number of nitrogens with zero attached hydrogens (tertiary/aromatic N) is 2. The number of hydrogen-bond donors (Lipinski definition) is 1. The quantitative estimate of drug-likeness (QED) is 0.888. The lowest BCUT2D eigenvalue weighted by molar-refractivity contribution is 0.205. The average molecular weight is 247 g/mol. The minimum atomic E-state index is 0.395. The molecule has 1 saturated carbocycles. The second-order valence-electron chi connectivity index (χ2n) is 5.68. The Kier molecular flexibility index (Phi) is 4.72. The van der Waals surface area contributed by atoms with Gasteiger partial charge in [0.25, 0.3) is 0 Å². The molecule has 1 aromatic rings. The predicted octanol–water partition coefficient (Wildman–Crippen LogP) is 2.34. The first-order chi connectivity index (χ1) is 8.65. The van der Waals surface area contributed by atoms with E-state index in [4.69, 9.17) is 5.73 Å². The lowest BCUT2D eigenvalue weighted by atomic mass is 9.85. The van der Waals surface area contributed by atoms with Crippen LogP contribution in [0.3, 0.4) is 0 Å². The Bertz CT molecular complexity index is 378. The summed E-state index contributed by atoms with van der Waals surface area (Å²) in [5.74, 6) is 0.661. The fourth-order valence-electron chi connectivity index (χ4n) is 2.89. The molecule has 0 bridgehead atoms. The van der Waals surface area contributed by atoms with Crippen molar-refractivity contribution >= 4 is 0 Å². The van der Waals surface area contributed by atoms with Crippen LogP contribution in [0, 0.1) is 12.8 Å². The van der Waals surface area contributed by atoms with Gasteiger partial charge in [-0.05, 0) is 44.9 Å². The highest BCUT2D eigenvalue weighted by Gasteiger charge is 2.22. The largest absolute Gasteiger partial charge is 0.327 e. The van der Waals surface area contributed by atoms with E-state index in [0.717, 1.165) is 24.5 Å². The van der Waals surface area contributed by atoms with E-state index in [2.05, 4.69) is 29.1 Å². The Labute approximate surface area is 110 Å². The van der Waals surface area contributed by atoms with Crippen molar-refractivity contribution in [2.45, 2.75) is 45.2 Å². The summed E-state index contributed by atoms with van der Waals surface area (Å²) in [6, 6.07) is 6.62. The van der Waals surface area contributed by atoms with Gasteiger partial charge in [-0.2, -0.15) is 0 Å². The molecule has 0 aliphatic heterocycles. The number of pyridine rings is 1. The molecule has 0 aromatic carbocycles. The molecule has 18 heavy (non-hydrogen) atoms. The number of hydrogen-bond acceptors (Lipinski definition) is 3. The summed E-state index contributed by atoms with van der Waals surface area (Å²) in [6.45, 7) is 4.06. The first kappa shape index (κ1) is 13.5. The maximum Gasteiger partial charge on any atom is 0.0547 e. The molecule has 1 aliphatic rings. The molecule has 3 heteroatoms. The Morgan fingerprint density at radius 2 is 2.11 bits per heavy atom. The summed E-state index contributed by atoms with van der Waals surface area (Å²) < 4.78 is 0. The summed E-state index contributed by atoms with van der Waals surface area (Å²) in [4.78, 5) is 6.91. The van der Waals surface area contributed by atoms with Crippen molar-refractivity contribution in [2.24, 2.45) is 11.7 Å². The smallest absolute Gasteiger partial charge is 0.0547 e. The summed E-state index contributed by atoms with van der Waals surface area (Å²) in [6.07, 6.45) is 5.13. The molecule has 1 aliphatic carbocycles. The van der Waals surface area contributed by atoms with Gasteiger partial charge in [0, 0.05) is 24.8 Å². The number of aromatic nitrogens is 1. The second kappa shape index (κ2) is 6.30. The highest BCUT2D eigenvalue weighted by atomic mass is 15.1. The third-order valence-corrected chi connectivity index (χ3v) is 3.89. The van der Waals surface area contributed by atoms with Gasteiger partial charge in [-0.15, -0.1) is 0 Å². The van der Waals surface area contributed by atoms with Crippen LogP contribution in [0.5, 0.6) is 0 Å². The van der Waals surface area contributed by atoms with E-state index in [1.54, 1.807) is 0 Å². The van der Waals surface area contributed by atoms with Gasteiger partial charge in [0.05, 0.1) is 5.69 Å². The van der Waals surface area contributed by atoms with Gasteiger partial charge in [0.1, 0.15) is 0 Å². The van der Waals surface area contributed by atoms with Crippen molar-refractivity contribution < 1.29 is 0 Å². The van der Waals surface area contributed by atoms with Gasteiger partial charge in [0.15, 0.2) is 0 Å². The van der Waals surface area contributed by atoms with E-state index < -0.39 is 0 Å². The Morgan fingerprint density at radius 1 is 1.33 bits per heavy atom. The average Bonchev–Trinajstić information content (AvgIpc) is 2.32. The molecule has 0 amide bonds. The molecule has 2 rings (SSSR count).